The van der Waals surface area contributed by atoms with Crippen LogP contribution in [0.1, 0.15) is 25.1 Å². The number of hydrogen-bond acceptors (Lipinski definition) is 6. The van der Waals surface area contributed by atoms with E-state index in [4.69, 9.17) is 9.47 Å². The maximum atomic E-state index is 12.0. The van der Waals surface area contributed by atoms with Crippen molar-refractivity contribution in [3.63, 3.8) is 0 Å². The van der Waals surface area contributed by atoms with E-state index in [1.54, 1.807) is 0 Å². The number of nitrogens with one attached hydrogen (secondary N) is 3. The summed E-state index contributed by atoms with van der Waals surface area (Å²) in [6, 6.07) is 7.31. The third-order valence-electron chi connectivity index (χ3n) is 3.33. The Hall–Kier alpha value is -2.16. The normalized spacial score (nSPS) is 10.8. The predicted molar refractivity (Wildman–Crippen MR) is 105 cm³/mol. The van der Waals surface area contributed by atoms with Crippen LogP contribution in [0.4, 0.5) is 15.6 Å². The summed E-state index contributed by atoms with van der Waals surface area (Å²) in [5, 5.41) is 11.3. The largest absolute Gasteiger partial charge is 0.376 e. The summed E-state index contributed by atoms with van der Waals surface area (Å²) in [7, 11) is 1.82. The minimum Gasteiger partial charge on any atom is -0.376 e. The Morgan fingerprint density at radius 3 is 2.88 bits per heavy atom. The molecule has 2 rings (SSSR count). The van der Waals surface area contributed by atoms with E-state index in [0.29, 0.717) is 26.4 Å². The molecule has 0 unspecified atom stereocenters. The molecule has 26 heavy (non-hydrogen) atoms. The highest BCUT2D eigenvalue weighted by molar-refractivity contribution is 7.13. The van der Waals surface area contributed by atoms with Crippen LogP contribution in [0, 0.1) is 0 Å². The van der Waals surface area contributed by atoms with Gasteiger partial charge in [-0.05, 0) is 31.5 Å². The van der Waals surface area contributed by atoms with Crippen molar-refractivity contribution >= 4 is 28.2 Å². The van der Waals surface area contributed by atoms with Crippen molar-refractivity contribution in [3.8, 4) is 0 Å². The summed E-state index contributed by atoms with van der Waals surface area (Å²) in [5.41, 5.74) is 2.53. The summed E-state index contributed by atoms with van der Waals surface area (Å²) >= 11 is 1.50. The number of urea groups is 1. The molecule has 0 saturated heterocycles. The highest BCUT2D eigenvalue weighted by Crippen LogP contribution is 2.14. The van der Waals surface area contributed by atoms with Crippen LogP contribution in [0.25, 0.3) is 0 Å². The maximum absolute atomic E-state index is 12.0. The van der Waals surface area contributed by atoms with E-state index >= 15 is 0 Å². The molecule has 0 spiro atoms. The SMILES string of the molecule is CNc1nc(CNC(=O)Nc2cccc(COCCOC(C)C)c2)cs1. The number of amides is 2. The fraction of sp³-hybridized carbons (Fsp3) is 0.444. The first-order valence-corrected chi connectivity index (χ1v) is 9.40. The minimum absolute atomic E-state index is 0.207. The summed E-state index contributed by atoms with van der Waals surface area (Å²) in [6.07, 6.45) is 0.207. The van der Waals surface area contributed by atoms with Gasteiger partial charge in [0.25, 0.3) is 0 Å². The molecule has 0 aliphatic carbocycles. The van der Waals surface area contributed by atoms with Crippen molar-refractivity contribution in [3.05, 3.63) is 40.9 Å². The van der Waals surface area contributed by atoms with Crippen LogP contribution in [0.15, 0.2) is 29.6 Å². The number of aromatic nitrogens is 1. The Morgan fingerprint density at radius 1 is 1.31 bits per heavy atom. The molecule has 0 aliphatic heterocycles. The first kappa shape index (κ1) is 20.2. The van der Waals surface area contributed by atoms with Crippen molar-refractivity contribution in [2.24, 2.45) is 0 Å². The van der Waals surface area contributed by atoms with Crippen LogP contribution in [-0.4, -0.2) is 37.4 Å². The molecule has 3 N–H and O–H groups in total. The van der Waals surface area contributed by atoms with E-state index in [-0.39, 0.29) is 12.1 Å². The van der Waals surface area contributed by atoms with Crippen LogP contribution in [-0.2, 0) is 22.6 Å². The van der Waals surface area contributed by atoms with Crippen LogP contribution >= 0.6 is 11.3 Å². The van der Waals surface area contributed by atoms with Gasteiger partial charge in [-0.15, -0.1) is 11.3 Å². The Balaban J connectivity index is 1.73. The molecule has 0 radical (unpaired) electrons. The fourth-order valence-corrected chi connectivity index (χ4v) is 2.79. The van der Waals surface area contributed by atoms with Gasteiger partial charge in [-0.2, -0.15) is 0 Å². The van der Waals surface area contributed by atoms with E-state index < -0.39 is 0 Å². The number of rotatable bonds is 10. The minimum atomic E-state index is -0.271. The average molecular weight is 378 g/mol. The van der Waals surface area contributed by atoms with Crippen molar-refractivity contribution in [1.82, 2.24) is 10.3 Å². The summed E-state index contributed by atoms with van der Waals surface area (Å²) in [5.74, 6) is 0. The Labute approximate surface area is 158 Å². The quantitative estimate of drug-likeness (QED) is 0.552. The average Bonchev–Trinajstić information content (AvgIpc) is 3.08. The lowest BCUT2D eigenvalue weighted by Gasteiger charge is -2.10. The molecule has 7 nitrogen and oxygen atoms in total. The number of anilines is 2. The van der Waals surface area contributed by atoms with Crippen LogP contribution in [0.3, 0.4) is 0 Å². The Bertz CT molecular complexity index is 691. The number of nitrogens with zero attached hydrogens (tertiary/aromatic N) is 1. The second-order valence-electron chi connectivity index (χ2n) is 5.87. The lowest BCUT2D eigenvalue weighted by atomic mass is 10.2. The number of hydrogen-bond donors (Lipinski definition) is 3. The van der Waals surface area contributed by atoms with E-state index in [1.807, 2.05) is 50.5 Å². The third kappa shape index (κ3) is 7.38. The summed E-state index contributed by atoms with van der Waals surface area (Å²) < 4.78 is 11.0. The van der Waals surface area contributed by atoms with Gasteiger partial charge in [0.2, 0.25) is 0 Å². The van der Waals surface area contributed by atoms with Crippen LogP contribution in [0.5, 0.6) is 0 Å². The highest BCUT2D eigenvalue weighted by atomic mass is 32.1. The molecular formula is C18H26N4O3S. The molecule has 1 heterocycles. The zero-order chi connectivity index (χ0) is 18.8. The van der Waals surface area contributed by atoms with Crippen LogP contribution < -0.4 is 16.0 Å². The van der Waals surface area contributed by atoms with Crippen molar-refractivity contribution in [2.45, 2.75) is 33.1 Å². The van der Waals surface area contributed by atoms with Crippen LogP contribution in [0.2, 0.25) is 0 Å². The number of benzene rings is 1. The first-order valence-electron chi connectivity index (χ1n) is 8.52. The van der Waals surface area contributed by atoms with E-state index in [9.17, 15) is 4.79 Å². The lowest BCUT2D eigenvalue weighted by Crippen LogP contribution is -2.28. The summed E-state index contributed by atoms with van der Waals surface area (Å²) in [6.45, 7) is 5.96. The third-order valence-corrected chi connectivity index (χ3v) is 4.24. The molecule has 2 aromatic rings. The van der Waals surface area contributed by atoms with Gasteiger partial charge in [0.1, 0.15) is 0 Å². The fourth-order valence-electron chi connectivity index (χ4n) is 2.12. The standard InChI is InChI=1S/C18H26N4O3S/c1-13(2)25-8-7-24-11-14-5-4-6-15(9-14)21-17(23)20-10-16-12-26-18(19-3)22-16/h4-6,9,12-13H,7-8,10-11H2,1-3H3,(H,19,22)(H2,20,21,23). The zero-order valence-electron chi connectivity index (χ0n) is 15.4. The number of thiazole rings is 1. The van der Waals surface area contributed by atoms with Gasteiger partial charge in [0.05, 0.1) is 38.2 Å². The number of carbonyl (C=O) groups excluding carboxylic acids is 1. The topological polar surface area (TPSA) is 84.5 Å². The molecule has 1 aromatic heterocycles. The first-order chi connectivity index (χ1) is 12.6. The Kier molecular flexibility index (Phi) is 8.33. The van der Waals surface area contributed by atoms with E-state index in [1.165, 1.54) is 11.3 Å². The van der Waals surface area contributed by atoms with Gasteiger partial charge in [0, 0.05) is 18.1 Å². The molecule has 142 valence electrons. The molecule has 0 saturated carbocycles. The molecule has 0 bridgehead atoms. The van der Waals surface area contributed by atoms with Gasteiger partial charge in [-0.25, -0.2) is 9.78 Å². The van der Waals surface area contributed by atoms with Crippen molar-refractivity contribution in [1.29, 1.82) is 0 Å². The van der Waals surface area contributed by atoms with Gasteiger partial charge in [0.15, 0.2) is 5.13 Å². The maximum Gasteiger partial charge on any atom is 0.319 e. The van der Waals surface area contributed by atoms with Gasteiger partial charge >= 0.3 is 6.03 Å². The smallest absolute Gasteiger partial charge is 0.319 e. The lowest BCUT2D eigenvalue weighted by molar-refractivity contribution is 0.0143. The molecule has 0 aliphatic rings. The zero-order valence-corrected chi connectivity index (χ0v) is 16.2. The number of ether oxygens (including phenoxy) is 2. The van der Waals surface area contributed by atoms with E-state index in [2.05, 4.69) is 20.9 Å². The van der Waals surface area contributed by atoms with Crippen molar-refractivity contribution in [2.75, 3.05) is 30.9 Å². The van der Waals surface area contributed by atoms with Gasteiger partial charge in [-0.3, -0.25) is 0 Å². The monoisotopic (exact) mass is 378 g/mol. The molecule has 8 heteroatoms. The molecule has 0 fully saturated rings. The Morgan fingerprint density at radius 2 is 2.15 bits per heavy atom. The second-order valence-corrected chi connectivity index (χ2v) is 6.73. The van der Waals surface area contributed by atoms with Gasteiger partial charge < -0.3 is 25.4 Å². The van der Waals surface area contributed by atoms with Crippen molar-refractivity contribution < 1.29 is 14.3 Å². The second kappa shape index (κ2) is 10.7. The summed E-state index contributed by atoms with van der Waals surface area (Å²) in [4.78, 5) is 16.3. The van der Waals surface area contributed by atoms with Gasteiger partial charge in [-0.1, -0.05) is 12.1 Å². The molecule has 0 atom stereocenters. The molecular weight excluding hydrogens is 352 g/mol. The number of carbonyl (C=O) groups is 1. The highest BCUT2D eigenvalue weighted by Gasteiger charge is 2.05. The molecule has 1 aromatic carbocycles. The predicted octanol–water partition coefficient (Wildman–Crippen LogP) is 3.45. The molecule has 2 amide bonds. The van der Waals surface area contributed by atoms with E-state index in [0.717, 1.165) is 22.1 Å².